The van der Waals surface area contributed by atoms with Gasteiger partial charge in [-0.2, -0.15) is 0 Å². The van der Waals surface area contributed by atoms with Crippen molar-refractivity contribution < 1.29 is 9.59 Å². The molecule has 0 bridgehead atoms. The second-order valence-corrected chi connectivity index (χ2v) is 6.46. The smallest absolute Gasteiger partial charge is 0.239 e. The minimum atomic E-state index is -0.264. The summed E-state index contributed by atoms with van der Waals surface area (Å²) < 4.78 is 0. The summed E-state index contributed by atoms with van der Waals surface area (Å²) in [4.78, 5) is 27.0. The molecule has 4 N–H and O–H groups in total. The van der Waals surface area contributed by atoms with Crippen LogP contribution in [0.25, 0.3) is 0 Å². The van der Waals surface area contributed by atoms with Crippen molar-refractivity contribution >= 4 is 47.4 Å². The van der Waals surface area contributed by atoms with Crippen LogP contribution in [0, 0.1) is 0 Å². The number of guanidine groups is 1. The van der Waals surface area contributed by atoms with Gasteiger partial charge in [0.2, 0.25) is 11.8 Å². The highest BCUT2D eigenvalue weighted by atomic mass is 127. The van der Waals surface area contributed by atoms with Crippen molar-refractivity contribution in [2.45, 2.75) is 39.8 Å². The number of hydrogen-bond donors (Lipinski definition) is 4. The van der Waals surface area contributed by atoms with Crippen molar-refractivity contribution in [2.24, 2.45) is 4.99 Å². The number of amides is 2. The van der Waals surface area contributed by atoms with Gasteiger partial charge in [-0.3, -0.25) is 14.6 Å². The highest BCUT2D eigenvalue weighted by Crippen LogP contribution is 2.10. The Kier molecular flexibility index (Phi) is 10.1. The summed E-state index contributed by atoms with van der Waals surface area (Å²) >= 11 is 0. The Morgan fingerprint density at radius 3 is 2.40 bits per heavy atom. The summed E-state index contributed by atoms with van der Waals surface area (Å²) in [6.45, 7) is 7.93. The average Bonchev–Trinajstić information content (AvgIpc) is 2.45. The van der Waals surface area contributed by atoms with Crippen LogP contribution in [0.3, 0.4) is 0 Å². The Morgan fingerprint density at radius 2 is 1.84 bits per heavy atom. The summed E-state index contributed by atoms with van der Waals surface area (Å²) in [6, 6.07) is 7.52. The van der Waals surface area contributed by atoms with Gasteiger partial charge in [0.1, 0.15) is 0 Å². The predicted octanol–water partition coefficient (Wildman–Crippen LogP) is 1.84. The van der Waals surface area contributed by atoms with Gasteiger partial charge in [-0.15, -0.1) is 24.0 Å². The van der Waals surface area contributed by atoms with E-state index >= 15 is 0 Å². The van der Waals surface area contributed by atoms with E-state index in [0.717, 1.165) is 11.3 Å². The Balaban J connectivity index is 0.00000576. The lowest BCUT2D eigenvalue weighted by Crippen LogP contribution is -2.48. The maximum absolute atomic E-state index is 11.8. The Bertz CT molecular complexity index is 611. The molecule has 25 heavy (non-hydrogen) atoms. The van der Waals surface area contributed by atoms with Gasteiger partial charge < -0.3 is 21.3 Å². The summed E-state index contributed by atoms with van der Waals surface area (Å²) in [5, 5.41) is 11.7. The molecule has 1 rings (SSSR count). The number of hydrogen-bond acceptors (Lipinski definition) is 3. The van der Waals surface area contributed by atoms with Gasteiger partial charge in [0.25, 0.3) is 0 Å². The molecule has 140 valence electrons. The number of halogens is 1. The standard InChI is InChI=1S/C17H27N5O2.HI/c1-12(23)21-14-8-6-7-13(9-14)10-19-16(18-5)20-11-15(24)22-17(2,3)4;/h6-9H,10-11H2,1-5H3,(H,21,23)(H,22,24)(H2,18,19,20);1H. The van der Waals surface area contributed by atoms with E-state index in [2.05, 4.69) is 26.3 Å². The first-order valence-electron chi connectivity index (χ1n) is 7.81. The lowest BCUT2D eigenvalue weighted by Gasteiger charge is -2.21. The Morgan fingerprint density at radius 1 is 1.16 bits per heavy atom. The maximum Gasteiger partial charge on any atom is 0.239 e. The first-order valence-corrected chi connectivity index (χ1v) is 7.81. The molecule has 0 atom stereocenters. The molecule has 7 nitrogen and oxygen atoms in total. The number of aliphatic imine (C=N–C) groups is 1. The van der Waals surface area contributed by atoms with Gasteiger partial charge in [-0.05, 0) is 38.5 Å². The molecule has 0 unspecified atom stereocenters. The van der Waals surface area contributed by atoms with E-state index in [-0.39, 0.29) is 47.9 Å². The quantitative estimate of drug-likeness (QED) is 0.306. The molecule has 0 aromatic heterocycles. The molecule has 1 aromatic rings. The minimum absolute atomic E-state index is 0. The van der Waals surface area contributed by atoms with Crippen LogP contribution < -0.4 is 21.3 Å². The third kappa shape index (κ3) is 10.6. The minimum Gasteiger partial charge on any atom is -0.352 e. The summed E-state index contributed by atoms with van der Waals surface area (Å²) in [5.74, 6) is 0.324. The second-order valence-electron chi connectivity index (χ2n) is 6.46. The zero-order valence-corrected chi connectivity index (χ0v) is 17.7. The molecule has 0 saturated carbocycles. The fraction of sp³-hybridized carbons (Fsp3) is 0.471. The average molecular weight is 461 g/mol. The van der Waals surface area contributed by atoms with Crippen LogP contribution >= 0.6 is 24.0 Å². The number of rotatable bonds is 5. The van der Waals surface area contributed by atoms with Crippen molar-refractivity contribution in [1.82, 2.24) is 16.0 Å². The van der Waals surface area contributed by atoms with Crippen molar-refractivity contribution in [3.63, 3.8) is 0 Å². The van der Waals surface area contributed by atoms with Crippen LogP contribution in [0.15, 0.2) is 29.3 Å². The summed E-state index contributed by atoms with van der Waals surface area (Å²) in [7, 11) is 1.64. The van der Waals surface area contributed by atoms with E-state index in [1.165, 1.54) is 6.92 Å². The third-order valence-electron chi connectivity index (χ3n) is 2.86. The molecule has 0 radical (unpaired) electrons. The highest BCUT2D eigenvalue weighted by molar-refractivity contribution is 14.0. The molecule has 0 heterocycles. The maximum atomic E-state index is 11.8. The lowest BCUT2D eigenvalue weighted by atomic mass is 10.1. The van der Waals surface area contributed by atoms with Gasteiger partial charge in [0.15, 0.2) is 5.96 Å². The van der Waals surface area contributed by atoms with E-state index in [4.69, 9.17) is 0 Å². The van der Waals surface area contributed by atoms with E-state index in [0.29, 0.717) is 12.5 Å². The van der Waals surface area contributed by atoms with Crippen LogP contribution in [-0.4, -0.2) is 36.9 Å². The number of nitrogens with zero attached hydrogens (tertiary/aromatic N) is 1. The third-order valence-corrected chi connectivity index (χ3v) is 2.86. The fourth-order valence-electron chi connectivity index (χ4n) is 2.00. The molecule has 0 aliphatic rings. The molecule has 0 saturated heterocycles. The van der Waals surface area contributed by atoms with Gasteiger partial charge in [0.05, 0.1) is 6.54 Å². The largest absolute Gasteiger partial charge is 0.352 e. The van der Waals surface area contributed by atoms with Gasteiger partial charge in [-0.1, -0.05) is 12.1 Å². The van der Waals surface area contributed by atoms with Crippen molar-refractivity contribution in [1.29, 1.82) is 0 Å². The molecule has 0 aliphatic carbocycles. The van der Waals surface area contributed by atoms with E-state index in [1.54, 1.807) is 7.05 Å². The molecular weight excluding hydrogens is 433 g/mol. The zero-order chi connectivity index (χ0) is 18.2. The first-order chi connectivity index (χ1) is 11.2. The number of benzene rings is 1. The molecule has 2 amide bonds. The van der Waals surface area contributed by atoms with E-state index < -0.39 is 0 Å². The van der Waals surface area contributed by atoms with Crippen molar-refractivity contribution in [3.8, 4) is 0 Å². The molecule has 0 fully saturated rings. The summed E-state index contributed by atoms with van der Waals surface area (Å²) in [5.41, 5.74) is 1.47. The fourth-order valence-corrected chi connectivity index (χ4v) is 2.00. The van der Waals surface area contributed by atoms with Crippen LogP contribution in [-0.2, 0) is 16.1 Å². The van der Waals surface area contributed by atoms with Crippen LogP contribution in [0.2, 0.25) is 0 Å². The van der Waals surface area contributed by atoms with Gasteiger partial charge in [-0.25, -0.2) is 0 Å². The molecule has 0 aliphatic heterocycles. The SMILES string of the molecule is CN=C(NCC(=O)NC(C)(C)C)NCc1cccc(NC(C)=O)c1.I. The van der Waals surface area contributed by atoms with E-state index in [9.17, 15) is 9.59 Å². The molecule has 8 heteroatoms. The monoisotopic (exact) mass is 461 g/mol. The highest BCUT2D eigenvalue weighted by Gasteiger charge is 2.13. The second kappa shape index (κ2) is 10.9. The summed E-state index contributed by atoms with van der Waals surface area (Å²) in [6.07, 6.45) is 0. The number of nitrogens with one attached hydrogen (secondary N) is 4. The van der Waals surface area contributed by atoms with Gasteiger partial charge >= 0.3 is 0 Å². The molecule has 0 spiro atoms. The molecule has 1 aromatic carbocycles. The van der Waals surface area contributed by atoms with Crippen LogP contribution in [0.4, 0.5) is 5.69 Å². The lowest BCUT2D eigenvalue weighted by molar-refractivity contribution is -0.121. The topological polar surface area (TPSA) is 94.6 Å². The van der Waals surface area contributed by atoms with Crippen molar-refractivity contribution in [2.75, 3.05) is 18.9 Å². The zero-order valence-electron chi connectivity index (χ0n) is 15.4. The van der Waals surface area contributed by atoms with E-state index in [1.807, 2.05) is 45.0 Å². The van der Waals surface area contributed by atoms with Crippen LogP contribution in [0.5, 0.6) is 0 Å². The Hall–Kier alpha value is -1.84. The van der Waals surface area contributed by atoms with Crippen molar-refractivity contribution in [3.05, 3.63) is 29.8 Å². The predicted molar refractivity (Wildman–Crippen MR) is 112 cm³/mol. The number of carbonyl (C=O) groups is 2. The van der Waals surface area contributed by atoms with Gasteiger partial charge in [0, 0.05) is 31.7 Å². The Labute approximate surface area is 166 Å². The van der Waals surface area contributed by atoms with Crippen LogP contribution in [0.1, 0.15) is 33.3 Å². The number of carbonyl (C=O) groups excluding carboxylic acids is 2. The number of anilines is 1. The first kappa shape index (κ1) is 23.2. The molecular formula is C17H28IN5O2. The normalized spacial score (nSPS) is 11.2.